The van der Waals surface area contributed by atoms with Gasteiger partial charge in [0.25, 0.3) is 0 Å². The van der Waals surface area contributed by atoms with Gasteiger partial charge in [0.1, 0.15) is 5.75 Å². The van der Waals surface area contributed by atoms with E-state index in [0.29, 0.717) is 0 Å². The fourth-order valence-corrected chi connectivity index (χ4v) is 1.37. The van der Waals surface area contributed by atoms with Crippen LogP contribution >= 0.6 is 0 Å². The van der Waals surface area contributed by atoms with Gasteiger partial charge in [-0.3, -0.25) is 0 Å². The van der Waals surface area contributed by atoms with Crippen molar-refractivity contribution < 1.29 is 6.11 Å². The van der Waals surface area contributed by atoms with Crippen LogP contribution in [0.2, 0.25) is 0 Å². The molecular formula is C13H20O. The first kappa shape index (κ1) is 9.57. The second-order valence-corrected chi connectivity index (χ2v) is 3.44. The molecule has 78 valence electrons. The molecule has 1 rings (SSSR count). The summed E-state index contributed by atoms with van der Waals surface area (Å²) in [4.78, 5) is 0. The van der Waals surface area contributed by atoms with Crippen LogP contribution in [0.5, 0.6) is 5.75 Å². The van der Waals surface area contributed by atoms with Crippen LogP contribution in [0.1, 0.15) is 40.9 Å². The highest BCUT2D eigenvalue weighted by Crippen LogP contribution is 2.15. The number of hydrogen-bond donors (Lipinski definition) is 0. The van der Waals surface area contributed by atoms with Gasteiger partial charge in [-0.1, -0.05) is 44.9 Å². The van der Waals surface area contributed by atoms with Gasteiger partial charge < -0.3 is 4.74 Å². The van der Waals surface area contributed by atoms with Crippen molar-refractivity contribution in [2.75, 3.05) is 0 Å². The van der Waals surface area contributed by atoms with Crippen LogP contribution in [0.25, 0.3) is 0 Å². The Kier molecular flexibility index (Phi) is 4.42. The van der Waals surface area contributed by atoms with Gasteiger partial charge >= 0.3 is 0 Å². The maximum atomic E-state index is 7.74. The summed E-state index contributed by atoms with van der Waals surface area (Å²) >= 11 is 0. The summed E-state index contributed by atoms with van der Waals surface area (Å²) < 4.78 is 13.5. The lowest BCUT2D eigenvalue weighted by atomic mass is 10.1. The minimum absolute atomic E-state index is 0.0207. The lowest BCUT2D eigenvalue weighted by molar-refractivity contribution is 0.183. The van der Waals surface area contributed by atoms with Gasteiger partial charge in [-0.25, -0.2) is 0 Å². The fraction of sp³-hybridized carbons (Fsp3) is 0.538. The molecule has 2 atom stereocenters. The van der Waals surface area contributed by atoms with Gasteiger partial charge in [0.05, 0.1) is 6.10 Å². The molecule has 0 aliphatic carbocycles. The predicted octanol–water partition coefficient (Wildman–Crippen LogP) is 4.03. The van der Waals surface area contributed by atoms with Crippen molar-refractivity contribution in [2.24, 2.45) is 0 Å². The third-order valence-corrected chi connectivity index (χ3v) is 2.24. The van der Waals surface area contributed by atoms with E-state index >= 15 is 0 Å². The molecule has 0 aromatic heterocycles. The van der Waals surface area contributed by atoms with Crippen LogP contribution in [-0.4, -0.2) is 6.10 Å². The summed E-state index contributed by atoms with van der Waals surface area (Å²) in [5.74, 6) is 0.873. The first-order valence-corrected chi connectivity index (χ1v) is 5.38. The SMILES string of the molecule is [2H][C@@H](C)[C@@H](CCCC)Oc1ccccc1. The molecule has 0 amide bonds. The molecular weight excluding hydrogens is 172 g/mol. The van der Waals surface area contributed by atoms with Crippen LogP contribution in [0.15, 0.2) is 30.3 Å². The van der Waals surface area contributed by atoms with E-state index in [2.05, 4.69) is 6.92 Å². The van der Waals surface area contributed by atoms with Crippen LogP contribution in [0.3, 0.4) is 0 Å². The number of ether oxygens (including phenoxy) is 1. The Morgan fingerprint density at radius 3 is 2.57 bits per heavy atom. The van der Waals surface area contributed by atoms with Gasteiger partial charge in [-0.2, -0.15) is 0 Å². The van der Waals surface area contributed by atoms with E-state index in [1.807, 2.05) is 37.3 Å². The van der Waals surface area contributed by atoms with Crippen LogP contribution in [0.4, 0.5) is 0 Å². The summed E-state index contributed by atoms with van der Waals surface area (Å²) in [5, 5.41) is 0. The summed E-state index contributed by atoms with van der Waals surface area (Å²) in [6.45, 7) is 4.05. The molecule has 1 nitrogen and oxygen atoms in total. The molecule has 1 aromatic carbocycles. The maximum Gasteiger partial charge on any atom is 0.119 e. The third-order valence-electron chi connectivity index (χ3n) is 2.24. The Bertz CT molecular complexity index is 258. The monoisotopic (exact) mass is 193 g/mol. The second-order valence-electron chi connectivity index (χ2n) is 3.44. The normalized spacial score (nSPS) is 15.7. The molecule has 0 fully saturated rings. The molecule has 0 saturated carbocycles. The Labute approximate surface area is 88.5 Å². The lowest BCUT2D eigenvalue weighted by Crippen LogP contribution is -2.14. The average molecular weight is 193 g/mol. The first-order chi connectivity index (χ1) is 7.24. The maximum absolute atomic E-state index is 7.74. The topological polar surface area (TPSA) is 9.23 Å². The van der Waals surface area contributed by atoms with E-state index in [9.17, 15) is 0 Å². The zero-order valence-electron chi connectivity index (χ0n) is 10.1. The van der Waals surface area contributed by atoms with E-state index in [4.69, 9.17) is 6.11 Å². The van der Waals surface area contributed by atoms with E-state index in [-0.39, 0.29) is 12.5 Å². The number of rotatable bonds is 6. The van der Waals surface area contributed by atoms with Crippen molar-refractivity contribution in [1.82, 2.24) is 0 Å². The smallest absolute Gasteiger partial charge is 0.119 e. The number of benzene rings is 1. The Morgan fingerprint density at radius 2 is 2.00 bits per heavy atom. The van der Waals surface area contributed by atoms with Crippen LogP contribution in [-0.2, 0) is 0 Å². The second kappa shape index (κ2) is 6.47. The van der Waals surface area contributed by atoms with Crippen molar-refractivity contribution >= 4 is 0 Å². The predicted molar refractivity (Wildman–Crippen MR) is 60.7 cm³/mol. The van der Waals surface area contributed by atoms with Gasteiger partial charge in [0.15, 0.2) is 0 Å². The minimum atomic E-state index is -0.170. The summed E-state index contributed by atoms with van der Waals surface area (Å²) in [7, 11) is 0. The van der Waals surface area contributed by atoms with Gasteiger partial charge in [-0.05, 0) is 25.0 Å². The molecule has 0 saturated heterocycles. The van der Waals surface area contributed by atoms with Crippen molar-refractivity contribution in [3.63, 3.8) is 0 Å². The molecule has 0 radical (unpaired) electrons. The number of para-hydroxylation sites is 1. The van der Waals surface area contributed by atoms with Crippen LogP contribution in [0, 0.1) is 0 Å². The highest BCUT2D eigenvalue weighted by molar-refractivity contribution is 5.21. The van der Waals surface area contributed by atoms with Crippen molar-refractivity contribution in [3.8, 4) is 5.75 Å². The van der Waals surface area contributed by atoms with Gasteiger partial charge in [0, 0.05) is 1.37 Å². The summed E-state index contributed by atoms with van der Waals surface area (Å²) in [5.41, 5.74) is 0. The molecule has 0 N–H and O–H groups in total. The molecule has 0 bridgehead atoms. The molecule has 0 aliphatic rings. The molecule has 1 aromatic rings. The Hall–Kier alpha value is -0.980. The first-order valence-electron chi connectivity index (χ1n) is 5.95. The molecule has 0 unspecified atom stereocenters. The largest absolute Gasteiger partial charge is 0.490 e. The highest BCUT2D eigenvalue weighted by Gasteiger charge is 2.06. The molecule has 0 aliphatic heterocycles. The number of unbranched alkanes of at least 4 members (excludes halogenated alkanes) is 1. The van der Waals surface area contributed by atoms with Crippen molar-refractivity contribution in [3.05, 3.63) is 30.3 Å². The third kappa shape index (κ3) is 3.82. The number of hydrogen-bond acceptors (Lipinski definition) is 1. The lowest BCUT2D eigenvalue weighted by Gasteiger charge is -2.16. The standard InChI is InChI=1S/C13H20O/c1-3-5-9-12(4-2)14-13-10-7-6-8-11-13/h6-8,10-12H,3-5,9H2,1-2H3/t12-/m0/s1/i4D/t4-,12-. The zero-order chi connectivity index (χ0) is 11.1. The van der Waals surface area contributed by atoms with E-state index in [0.717, 1.165) is 25.0 Å². The van der Waals surface area contributed by atoms with Gasteiger partial charge in [-0.15, -0.1) is 0 Å². The fourth-order valence-electron chi connectivity index (χ4n) is 1.37. The quantitative estimate of drug-likeness (QED) is 0.662. The Morgan fingerprint density at radius 1 is 1.29 bits per heavy atom. The van der Waals surface area contributed by atoms with E-state index in [1.54, 1.807) is 0 Å². The molecule has 0 spiro atoms. The average Bonchev–Trinajstić information content (AvgIpc) is 2.25. The summed E-state index contributed by atoms with van der Waals surface area (Å²) in [6.07, 6.45) is 3.10. The molecule has 14 heavy (non-hydrogen) atoms. The van der Waals surface area contributed by atoms with Gasteiger partial charge in [0.2, 0.25) is 0 Å². The van der Waals surface area contributed by atoms with Crippen molar-refractivity contribution in [2.45, 2.75) is 45.6 Å². The van der Waals surface area contributed by atoms with E-state index < -0.39 is 0 Å². The van der Waals surface area contributed by atoms with E-state index in [1.165, 1.54) is 0 Å². The molecule has 1 heteroatoms. The van der Waals surface area contributed by atoms with Crippen molar-refractivity contribution in [1.29, 1.82) is 0 Å². The van der Waals surface area contributed by atoms with Crippen LogP contribution < -0.4 is 4.74 Å². The highest BCUT2D eigenvalue weighted by atomic mass is 16.5. The molecule has 0 heterocycles. The summed E-state index contributed by atoms with van der Waals surface area (Å²) in [6, 6.07) is 9.78. The Balaban J connectivity index is 2.51. The minimum Gasteiger partial charge on any atom is -0.490 e. The zero-order valence-corrected chi connectivity index (χ0v) is 9.07.